The SMILES string of the molecule is CC1(C)CC(=O)C[C@@]2(C)[C@H]1CC[C@H]1C[C@H]3C[C@]12CC[C@]3(C)O. The van der Waals surface area contributed by atoms with Crippen LogP contribution in [0.3, 0.4) is 0 Å². The quantitative estimate of drug-likeness (QED) is 0.722. The Hall–Kier alpha value is -0.370. The molecular weight excluding hydrogens is 272 g/mol. The van der Waals surface area contributed by atoms with E-state index in [-0.39, 0.29) is 10.8 Å². The highest BCUT2D eigenvalue weighted by Gasteiger charge is 2.69. The normalized spacial score (nSPS) is 56.4. The maximum absolute atomic E-state index is 12.6. The summed E-state index contributed by atoms with van der Waals surface area (Å²) in [7, 11) is 0. The van der Waals surface area contributed by atoms with Crippen molar-refractivity contribution in [2.75, 3.05) is 0 Å². The van der Waals surface area contributed by atoms with Gasteiger partial charge in [-0.2, -0.15) is 0 Å². The second-order valence-corrected chi connectivity index (χ2v) is 10.3. The lowest BCUT2D eigenvalue weighted by atomic mass is 9.39. The van der Waals surface area contributed by atoms with E-state index in [1.807, 2.05) is 0 Å². The third-order valence-corrected chi connectivity index (χ3v) is 8.79. The Kier molecular flexibility index (Phi) is 2.88. The Morgan fingerprint density at radius 2 is 1.73 bits per heavy atom. The van der Waals surface area contributed by atoms with Crippen molar-refractivity contribution in [2.24, 2.45) is 34.0 Å². The number of hydrogen-bond acceptors (Lipinski definition) is 2. The van der Waals surface area contributed by atoms with Gasteiger partial charge in [0.25, 0.3) is 0 Å². The zero-order chi connectivity index (χ0) is 16.0. The molecule has 22 heavy (non-hydrogen) atoms. The van der Waals surface area contributed by atoms with Crippen molar-refractivity contribution in [3.05, 3.63) is 0 Å². The van der Waals surface area contributed by atoms with E-state index >= 15 is 0 Å². The fourth-order valence-corrected chi connectivity index (χ4v) is 7.79. The first-order valence-electron chi connectivity index (χ1n) is 9.35. The molecule has 124 valence electrons. The third-order valence-electron chi connectivity index (χ3n) is 8.79. The smallest absolute Gasteiger partial charge is 0.134 e. The van der Waals surface area contributed by atoms with E-state index in [2.05, 4.69) is 27.7 Å². The van der Waals surface area contributed by atoms with Gasteiger partial charge in [0, 0.05) is 12.8 Å². The van der Waals surface area contributed by atoms with E-state index < -0.39 is 5.60 Å². The first-order valence-corrected chi connectivity index (χ1v) is 9.35. The van der Waals surface area contributed by atoms with Gasteiger partial charge in [-0.1, -0.05) is 20.8 Å². The third kappa shape index (κ3) is 1.68. The van der Waals surface area contributed by atoms with Crippen LogP contribution in [0.15, 0.2) is 0 Å². The molecule has 4 saturated carbocycles. The van der Waals surface area contributed by atoms with Crippen LogP contribution >= 0.6 is 0 Å². The molecule has 2 heteroatoms. The highest BCUT2D eigenvalue weighted by Crippen LogP contribution is 2.74. The molecule has 4 aliphatic rings. The lowest BCUT2D eigenvalue weighted by molar-refractivity contribution is -0.177. The number of hydrogen-bond donors (Lipinski definition) is 1. The minimum atomic E-state index is -0.470. The predicted molar refractivity (Wildman–Crippen MR) is 87.4 cm³/mol. The zero-order valence-electron chi connectivity index (χ0n) is 14.7. The van der Waals surface area contributed by atoms with Crippen LogP contribution in [0, 0.1) is 34.0 Å². The summed E-state index contributed by atoms with van der Waals surface area (Å²) in [6.07, 6.45) is 8.62. The second-order valence-electron chi connectivity index (χ2n) is 10.3. The predicted octanol–water partition coefficient (Wildman–Crippen LogP) is 4.35. The number of Topliss-reactive ketones (excluding diaryl/α,β-unsaturated/α-hetero) is 1. The molecule has 2 nitrogen and oxygen atoms in total. The fourth-order valence-electron chi connectivity index (χ4n) is 7.79. The molecule has 4 rings (SSSR count). The Morgan fingerprint density at radius 3 is 2.45 bits per heavy atom. The molecule has 0 aromatic heterocycles. The summed E-state index contributed by atoms with van der Waals surface area (Å²) < 4.78 is 0. The number of carbonyl (C=O) groups excluding carboxylic acids is 1. The van der Waals surface area contributed by atoms with Gasteiger partial charge in [-0.15, -0.1) is 0 Å². The van der Waals surface area contributed by atoms with Gasteiger partial charge in [-0.3, -0.25) is 4.79 Å². The van der Waals surface area contributed by atoms with E-state index in [9.17, 15) is 9.90 Å². The largest absolute Gasteiger partial charge is 0.390 e. The number of aliphatic hydroxyl groups is 1. The van der Waals surface area contributed by atoms with Crippen LogP contribution in [-0.4, -0.2) is 16.5 Å². The van der Waals surface area contributed by atoms with Crippen molar-refractivity contribution in [3.8, 4) is 0 Å². The highest BCUT2D eigenvalue weighted by atomic mass is 16.3. The lowest BCUT2D eigenvalue weighted by Crippen LogP contribution is -2.59. The van der Waals surface area contributed by atoms with E-state index in [0.29, 0.717) is 23.0 Å². The van der Waals surface area contributed by atoms with Crippen molar-refractivity contribution in [3.63, 3.8) is 0 Å². The van der Waals surface area contributed by atoms with Crippen LogP contribution in [0.2, 0.25) is 0 Å². The molecule has 4 aliphatic carbocycles. The standard InChI is InChI=1S/C20H32O2/c1-17(2)11-15(21)12-18(3)16(17)6-5-13-9-14-10-20(13,18)8-7-19(14,4)22/h13-14,16,22H,5-12H2,1-4H3/t13-,14-,16-,18-,19-,20+/m0/s1. The van der Waals surface area contributed by atoms with Crippen LogP contribution in [0.25, 0.3) is 0 Å². The maximum atomic E-state index is 12.6. The van der Waals surface area contributed by atoms with Crippen molar-refractivity contribution in [1.82, 2.24) is 0 Å². The molecule has 4 fully saturated rings. The summed E-state index contributed by atoms with van der Waals surface area (Å²) in [6, 6.07) is 0. The number of ketones is 1. The van der Waals surface area contributed by atoms with Crippen molar-refractivity contribution in [1.29, 1.82) is 0 Å². The number of fused-ring (bicyclic) bond motifs is 2. The topological polar surface area (TPSA) is 37.3 Å². The van der Waals surface area contributed by atoms with Crippen LogP contribution in [0.4, 0.5) is 0 Å². The molecule has 0 aliphatic heterocycles. The van der Waals surface area contributed by atoms with Gasteiger partial charge in [0.05, 0.1) is 5.60 Å². The molecule has 0 aromatic rings. The Balaban J connectivity index is 1.79. The Labute approximate surface area is 135 Å². The molecule has 0 saturated heterocycles. The maximum Gasteiger partial charge on any atom is 0.134 e. The summed E-state index contributed by atoms with van der Waals surface area (Å²) in [5.41, 5.74) is 0.181. The molecule has 0 unspecified atom stereocenters. The average molecular weight is 304 g/mol. The highest BCUT2D eigenvalue weighted by molar-refractivity contribution is 5.81. The van der Waals surface area contributed by atoms with Crippen LogP contribution in [-0.2, 0) is 4.79 Å². The van der Waals surface area contributed by atoms with Crippen molar-refractivity contribution < 1.29 is 9.90 Å². The van der Waals surface area contributed by atoms with Gasteiger partial charge < -0.3 is 5.11 Å². The number of carbonyl (C=O) groups is 1. The first kappa shape index (κ1) is 15.2. The molecule has 2 bridgehead atoms. The fraction of sp³-hybridized carbons (Fsp3) is 0.950. The van der Waals surface area contributed by atoms with Crippen molar-refractivity contribution in [2.45, 2.75) is 84.7 Å². The first-order chi connectivity index (χ1) is 10.1. The van der Waals surface area contributed by atoms with Crippen molar-refractivity contribution >= 4 is 5.78 Å². The van der Waals surface area contributed by atoms with Crippen LogP contribution < -0.4 is 0 Å². The van der Waals surface area contributed by atoms with Crippen LogP contribution in [0.1, 0.15) is 79.1 Å². The van der Waals surface area contributed by atoms with Gasteiger partial charge in [0.2, 0.25) is 0 Å². The van der Waals surface area contributed by atoms with E-state index in [1.165, 1.54) is 25.7 Å². The minimum absolute atomic E-state index is 0.155. The Morgan fingerprint density at radius 1 is 1.00 bits per heavy atom. The van der Waals surface area contributed by atoms with Gasteiger partial charge in [-0.25, -0.2) is 0 Å². The summed E-state index contributed by atoms with van der Waals surface area (Å²) in [5.74, 6) is 2.37. The molecule has 0 amide bonds. The van der Waals surface area contributed by atoms with Gasteiger partial charge in [0.15, 0.2) is 0 Å². The van der Waals surface area contributed by atoms with E-state index in [4.69, 9.17) is 0 Å². The second kappa shape index (κ2) is 4.18. The summed E-state index contributed by atoms with van der Waals surface area (Å²) in [4.78, 5) is 12.6. The Bertz CT molecular complexity index is 520. The molecule has 0 heterocycles. The molecule has 1 spiro atoms. The summed E-state index contributed by atoms with van der Waals surface area (Å²) >= 11 is 0. The van der Waals surface area contributed by atoms with Gasteiger partial charge in [0.1, 0.15) is 5.78 Å². The lowest BCUT2D eigenvalue weighted by Gasteiger charge is -2.64. The van der Waals surface area contributed by atoms with Gasteiger partial charge in [-0.05, 0) is 79.4 Å². The molecule has 6 atom stereocenters. The average Bonchev–Trinajstić information content (AvgIpc) is 2.71. The molecule has 0 radical (unpaired) electrons. The summed E-state index contributed by atoms with van der Waals surface area (Å²) in [6.45, 7) is 9.16. The number of rotatable bonds is 0. The van der Waals surface area contributed by atoms with Crippen LogP contribution in [0.5, 0.6) is 0 Å². The molecule has 0 aromatic carbocycles. The molecular formula is C20H32O2. The molecule has 1 N–H and O–H groups in total. The zero-order valence-corrected chi connectivity index (χ0v) is 14.7. The minimum Gasteiger partial charge on any atom is -0.390 e. The van der Waals surface area contributed by atoms with E-state index in [1.54, 1.807) is 0 Å². The van der Waals surface area contributed by atoms with E-state index in [0.717, 1.165) is 31.6 Å². The van der Waals surface area contributed by atoms with Gasteiger partial charge >= 0.3 is 0 Å². The summed E-state index contributed by atoms with van der Waals surface area (Å²) in [5, 5.41) is 10.8. The monoisotopic (exact) mass is 304 g/mol.